The maximum atomic E-state index is 12.1. The average molecular weight is 327 g/mol. The first kappa shape index (κ1) is 16.3. The first-order chi connectivity index (χ1) is 11.7. The van der Waals surface area contributed by atoms with Crippen LogP contribution < -0.4 is 16.0 Å². The van der Waals surface area contributed by atoms with Gasteiger partial charge in [0.05, 0.1) is 12.3 Å². The number of hydrogen-bond acceptors (Lipinski definition) is 4. The van der Waals surface area contributed by atoms with Crippen molar-refractivity contribution < 1.29 is 14.0 Å². The van der Waals surface area contributed by atoms with E-state index >= 15 is 0 Å². The number of benzene rings is 1. The van der Waals surface area contributed by atoms with Crippen molar-refractivity contribution in [2.45, 2.75) is 31.8 Å². The highest BCUT2D eigenvalue weighted by atomic mass is 16.3. The van der Waals surface area contributed by atoms with Gasteiger partial charge in [0, 0.05) is 12.2 Å². The van der Waals surface area contributed by atoms with Gasteiger partial charge in [0.2, 0.25) is 5.91 Å². The highest BCUT2D eigenvalue weighted by Gasteiger charge is 2.19. The molecule has 3 N–H and O–H groups in total. The standard InChI is InChI=1S/C18H21N3O3/c22-17(15-4-1-2-10-19-15)20-12-13-6-8-14(9-7-13)21-18(23)16-5-3-11-24-16/h3,5-9,11,15,19H,1-2,4,10,12H2,(H,20,22)(H,21,23)/t15-/m0/s1. The Kier molecular flexibility index (Phi) is 5.28. The van der Waals surface area contributed by atoms with E-state index in [2.05, 4.69) is 16.0 Å². The van der Waals surface area contributed by atoms with Crippen LogP contribution in [0, 0.1) is 0 Å². The number of anilines is 1. The van der Waals surface area contributed by atoms with Crippen molar-refractivity contribution in [3.8, 4) is 0 Å². The van der Waals surface area contributed by atoms with Crippen LogP contribution in [-0.4, -0.2) is 24.4 Å². The zero-order chi connectivity index (χ0) is 16.8. The maximum absolute atomic E-state index is 12.1. The van der Waals surface area contributed by atoms with Crippen molar-refractivity contribution in [2.75, 3.05) is 11.9 Å². The third-order valence-corrected chi connectivity index (χ3v) is 4.05. The Bertz CT molecular complexity index is 674. The smallest absolute Gasteiger partial charge is 0.291 e. The lowest BCUT2D eigenvalue weighted by atomic mass is 10.0. The Labute approximate surface area is 140 Å². The third-order valence-electron chi connectivity index (χ3n) is 4.05. The Morgan fingerprint density at radius 3 is 2.67 bits per heavy atom. The van der Waals surface area contributed by atoms with Crippen molar-refractivity contribution in [1.82, 2.24) is 10.6 Å². The molecule has 0 spiro atoms. The topological polar surface area (TPSA) is 83.4 Å². The van der Waals surface area contributed by atoms with E-state index in [0.29, 0.717) is 12.2 Å². The van der Waals surface area contributed by atoms with Crippen LogP contribution in [0.5, 0.6) is 0 Å². The molecule has 1 aliphatic heterocycles. The van der Waals surface area contributed by atoms with Crippen LogP contribution in [0.3, 0.4) is 0 Å². The number of rotatable bonds is 5. The number of piperidine rings is 1. The Morgan fingerprint density at radius 1 is 1.17 bits per heavy atom. The van der Waals surface area contributed by atoms with Crippen molar-refractivity contribution in [3.63, 3.8) is 0 Å². The molecule has 1 aliphatic rings. The van der Waals surface area contributed by atoms with Gasteiger partial charge in [-0.15, -0.1) is 0 Å². The fourth-order valence-corrected chi connectivity index (χ4v) is 2.69. The molecular weight excluding hydrogens is 306 g/mol. The Balaban J connectivity index is 1.49. The lowest BCUT2D eigenvalue weighted by molar-refractivity contribution is -0.123. The fraction of sp³-hybridized carbons (Fsp3) is 0.333. The second-order valence-electron chi connectivity index (χ2n) is 5.85. The zero-order valence-corrected chi connectivity index (χ0v) is 13.4. The molecule has 6 heteroatoms. The molecule has 3 rings (SSSR count). The van der Waals surface area contributed by atoms with Crippen LogP contribution in [0.1, 0.15) is 35.4 Å². The molecule has 0 radical (unpaired) electrons. The number of hydrogen-bond donors (Lipinski definition) is 3. The van der Waals surface area contributed by atoms with Gasteiger partial charge in [-0.05, 0) is 49.2 Å². The Morgan fingerprint density at radius 2 is 2.00 bits per heavy atom. The minimum atomic E-state index is -0.288. The summed E-state index contributed by atoms with van der Waals surface area (Å²) in [5, 5.41) is 8.94. The number of furan rings is 1. The van der Waals surface area contributed by atoms with Crippen LogP contribution in [0.4, 0.5) is 5.69 Å². The van der Waals surface area contributed by atoms with E-state index in [9.17, 15) is 9.59 Å². The van der Waals surface area contributed by atoms with Crippen molar-refractivity contribution in [1.29, 1.82) is 0 Å². The van der Waals surface area contributed by atoms with E-state index in [4.69, 9.17) is 4.42 Å². The number of amides is 2. The van der Waals surface area contributed by atoms with E-state index in [1.165, 1.54) is 6.26 Å². The highest BCUT2D eigenvalue weighted by molar-refractivity contribution is 6.02. The molecule has 2 heterocycles. The molecule has 1 atom stereocenters. The molecule has 1 aromatic heterocycles. The first-order valence-electron chi connectivity index (χ1n) is 8.17. The van der Waals surface area contributed by atoms with Crippen LogP contribution in [-0.2, 0) is 11.3 Å². The van der Waals surface area contributed by atoms with Crippen molar-refractivity contribution >= 4 is 17.5 Å². The average Bonchev–Trinajstić information content (AvgIpc) is 3.16. The van der Waals surface area contributed by atoms with Crippen LogP contribution in [0.25, 0.3) is 0 Å². The molecule has 0 aliphatic carbocycles. The summed E-state index contributed by atoms with van der Waals surface area (Å²) >= 11 is 0. The van der Waals surface area contributed by atoms with Gasteiger partial charge in [-0.3, -0.25) is 9.59 Å². The summed E-state index contributed by atoms with van der Waals surface area (Å²) in [7, 11) is 0. The molecule has 0 bridgehead atoms. The lowest BCUT2D eigenvalue weighted by Crippen LogP contribution is -2.46. The lowest BCUT2D eigenvalue weighted by Gasteiger charge is -2.22. The van der Waals surface area contributed by atoms with Crippen LogP contribution in [0.2, 0.25) is 0 Å². The summed E-state index contributed by atoms with van der Waals surface area (Å²) in [5.74, 6) is 0.0284. The minimum Gasteiger partial charge on any atom is -0.459 e. The van der Waals surface area contributed by atoms with E-state index in [0.717, 1.165) is 31.4 Å². The normalized spacial score (nSPS) is 17.2. The minimum absolute atomic E-state index is 0.0462. The van der Waals surface area contributed by atoms with Gasteiger partial charge < -0.3 is 20.4 Å². The van der Waals surface area contributed by atoms with E-state index in [1.54, 1.807) is 24.3 Å². The number of carbonyl (C=O) groups excluding carboxylic acids is 2. The molecule has 2 aromatic rings. The maximum Gasteiger partial charge on any atom is 0.291 e. The molecule has 1 saturated heterocycles. The second kappa shape index (κ2) is 7.79. The van der Waals surface area contributed by atoms with Gasteiger partial charge in [-0.2, -0.15) is 0 Å². The van der Waals surface area contributed by atoms with Gasteiger partial charge in [0.25, 0.3) is 5.91 Å². The SMILES string of the molecule is O=C(Nc1ccc(CNC(=O)[C@@H]2CCCCN2)cc1)c1ccco1. The van der Waals surface area contributed by atoms with Crippen molar-refractivity contribution in [2.24, 2.45) is 0 Å². The molecule has 1 fully saturated rings. The van der Waals surface area contributed by atoms with Gasteiger partial charge in [-0.1, -0.05) is 18.6 Å². The number of carbonyl (C=O) groups is 2. The molecular formula is C18H21N3O3. The van der Waals surface area contributed by atoms with Crippen LogP contribution >= 0.6 is 0 Å². The third kappa shape index (κ3) is 4.23. The molecule has 6 nitrogen and oxygen atoms in total. The van der Waals surface area contributed by atoms with Crippen molar-refractivity contribution in [3.05, 3.63) is 54.0 Å². The van der Waals surface area contributed by atoms with E-state index < -0.39 is 0 Å². The first-order valence-corrected chi connectivity index (χ1v) is 8.17. The molecule has 0 saturated carbocycles. The van der Waals surface area contributed by atoms with Gasteiger partial charge in [0.15, 0.2) is 5.76 Å². The Hall–Kier alpha value is -2.60. The van der Waals surface area contributed by atoms with E-state index in [1.807, 2.05) is 12.1 Å². The molecule has 126 valence electrons. The summed E-state index contributed by atoms with van der Waals surface area (Å²) in [6, 6.07) is 10.6. The van der Waals surface area contributed by atoms with E-state index in [-0.39, 0.29) is 23.6 Å². The summed E-state index contributed by atoms with van der Waals surface area (Å²) in [5.41, 5.74) is 1.66. The predicted molar refractivity (Wildman–Crippen MR) is 90.6 cm³/mol. The molecule has 0 unspecified atom stereocenters. The zero-order valence-electron chi connectivity index (χ0n) is 13.4. The summed E-state index contributed by atoms with van der Waals surface area (Å²) < 4.78 is 5.05. The molecule has 24 heavy (non-hydrogen) atoms. The second-order valence-corrected chi connectivity index (χ2v) is 5.85. The molecule has 1 aromatic carbocycles. The largest absolute Gasteiger partial charge is 0.459 e. The van der Waals surface area contributed by atoms with Gasteiger partial charge >= 0.3 is 0 Å². The quantitative estimate of drug-likeness (QED) is 0.787. The van der Waals surface area contributed by atoms with Gasteiger partial charge in [-0.25, -0.2) is 0 Å². The van der Waals surface area contributed by atoms with Crippen LogP contribution in [0.15, 0.2) is 47.1 Å². The highest BCUT2D eigenvalue weighted by Crippen LogP contribution is 2.12. The summed E-state index contributed by atoms with van der Waals surface area (Å²) in [4.78, 5) is 24.0. The summed E-state index contributed by atoms with van der Waals surface area (Å²) in [6.45, 7) is 1.38. The van der Waals surface area contributed by atoms with Gasteiger partial charge in [0.1, 0.15) is 0 Å². The molecule has 2 amide bonds. The monoisotopic (exact) mass is 327 g/mol. The number of nitrogens with one attached hydrogen (secondary N) is 3. The predicted octanol–water partition coefficient (Wildman–Crippen LogP) is 2.29. The summed E-state index contributed by atoms with van der Waals surface area (Å²) in [6.07, 6.45) is 4.58. The fourth-order valence-electron chi connectivity index (χ4n) is 2.69.